The molecule has 1 amide bonds. The Labute approximate surface area is 122 Å². The summed E-state index contributed by atoms with van der Waals surface area (Å²) in [6, 6.07) is 10.6. The minimum Gasteiger partial charge on any atom is -0.478 e. The number of hydrogen-bond acceptors (Lipinski definition) is 2. The zero-order valence-corrected chi connectivity index (χ0v) is 11.7. The molecule has 1 aliphatic carbocycles. The summed E-state index contributed by atoms with van der Waals surface area (Å²) >= 11 is 0. The molecule has 1 saturated carbocycles. The summed E-state index contributed by atoms with van der Waals surface area (Å²) in [5, 5.41) is 9.24. The minimum atomic E-state index is -1.04. The van der Waals surface area contributed by atoms with Crippen molar-refractivity contribution < 1.29 is 14.7 Å². The van der Waals surface area contributed by atoms with Crippen molar-refractivity contribution in [2.45, 2.75) is 18.9 Å². The Bertz CT molecular complexity index is 701. The van der Waals surface area contributed by atoms with E-state index in [0.29, 0.717) is 17.4 Å². The van der Waals surface area contributed by atoms with Crippen molar-refractivity contribution in [3.05, 3.63) is 53.9 Å². The molecule has 1 heterocycles. The monoisotopic (exact) mass is 284 g/mol. The Balaban J connectivity index is 1.94. The maximum Gasteiger partial charge on any atom is 0.337 e. The van der Waals surface area contributed by atoms with E-state index in [1.807, 2.05) is 16.8 Å². The van der Waals surface area contributed by atoms with Crippen molar-refractivity contribution >= 4 is 17.6 Å². The SMILES string of the molecule is CN(C(=O)c1cccn1C1CC1)c1ccccc1C(=O)O. The number of amides is 1. The smallest absolute Gasteiger partial charge is 0.337 e. The summed E-state index contributed by atoms with van der Waals surface area (Å²) in [5.74, 6) is -1.23. The number of para-hydroxylation sites is 1. The van der Waals surface area contributed by atoms with E-state index < -0.39 is 5.97 Å². The molecule has 1 fully saturated rings. The van der Waals surface area contributed by atoms with Crippen LogP contribution in [-0.4, -0.2) is 28.6 Å². The lowest BCUT2D eigenvalue weighted by molar-refractivity contribution is 0.0697. The van der Waals surface area contributed by atoms with Gasteiger partial charge in [-0.1, -0.05) is 12.1 Å². The molecule has 1 aliphatic rings. The number of anilines is 1. The molecule has 1 N–H and O–H groups in total. The molecule has 3 rings (SSSR count). The second-order valence-corrected chi connectivity index (χ2v) is 5.22. The Morgan fingerprint density at radius 3 is 2.57 bits per heavy atom. The summed E-state index contributed by atoms with van der Waals surface area (Å²) in [5.41, 5.74) is 1.12. The zero-order valence-electron chi connectivity index (χ0n) is 11.7. The quantitative estimate of drug-likeness (QED) is 0.939. The van der Waals surface area contributed by atoms with Crippen LogP contribution in [0.3, 0.4) is 0 Å². The molecule has 0 saturated heterocycles. The van der Waals surface area contributed by atoms with Crippen LogP contribution in [-0.2, 0) is 0 Å². The number of nitrogens with zero attached hydrogens (tertiary/aromatic N) is 2. The highest BCUT2D eigenvalue weighted by atomic mass is 16.4. The highest BCUT2D eigenvalue weighted by molar-refractivity contribution is 6.08. The molecule has 1 aromatic heterocycles. The fraction of sp³-hybridized carbons (Fsp3) is 0.250. The third-order valence-corrected chi connectivity index (χ3v) is 3.74. The fourth-order valence-corrected chi connectivity index (χ4v) is 2.47. The van der Waals surface area contributed by atoms with Crippen LogP contribution in [0.2, 0.25) is 0 Å². The maximum absolute atomic E-state index is 12.6. The standard InChI is InChI=1S/C16H16N2O3/c1-17(13-6-3-2-5-12(13)16(20)21)15(19)14-7-4-10-18(14)11-8-9-11/h2-7,10-11H,8-9H2,1H3,(H,20,21). The summed E-state index contributed by atoms with van der Waals surface area (Å²) in [7, 11) is 1.61. The molecular formula is C16H16N2O3. The topological polar surface area (TPSA) is 62.5 Å². The highest BCUT2D eigenvalue weighted by Gasteiger charge is 2.28. The lowest BCUT2D eigenvalue weighted by atomic mass is 10.1. The number of carbonyl (C=O) groups excluding carboxylic acids is 1. The van der Waals surface area contributed by atoms with E-state index in [9.17, 15) is 14.7 Å². The summed E-state index contributed by atoms with van der Waals surface area (Å²) in [6.45, 7) is 0. The first kappa shape index (κ1) is 13.4. The Morgan fingerprint density at radius 2 is 1.90 bits per heavy atom. The van der Waals surface area contributed by atoms with Crippen molar-refractivity contribution in [2.24, 2.45) is 0 Å². The van der Waals surface area contributed by atoms with Gasteiger partial charge in [-0.15, -0.1) is 0 Å². The molecule has 1 aromatic carbocycles. The van der Waals surface area contributed by atoms with Gasteiger partial charge in [0, 0.05) is 19.3 Å². The average Bonchev–Trinajstić information content (AvgIpc) is 3.23. The van der Waals surface area contributed by atoms with Gasteiger partial charge in [-0.25, -0.2) is 4.79 Å². The largest absolute Gasteiger partial charge is 0.478 e. The number of aromatic nitrogens is 1. The van der Waals surface area contributed by atoms with E-state index >= 15 is 0 Å². The second kappa shape index (κ2) is 5.09. The van der Waals surface area contributed by atoms with Crippen LogP contribution in [0.4, 0.5) is 5.69 Å². The van der Waals surface area contributed by atoms with Gasteiger partial charge in [-0.3, -0.25) is 4.79 Å². The third kappa shape index (κ3) is 2.42. The first-order valence-corrected chi connectivity index (χ1v) is 6.87. The molecule has 0 bridgehead atoms. The van der Waals surface area contributed by atoms with Crippen LogP contribution in [0.1, 0.15) is 39.7 Å². The number of aromatic carboxylic acids is 1. The van der Waals surface area contributed by atoms with Crippen LogP contribution >= 0.6 is 0 Å². The van der Waals surface area contributed by atoms with Crippen LogP contribution in [0.25, 0.3) is 0 Å². The van der Waals surface area contributed by atoms with Gasteiger partial charge in [0.1, 0.15) is 5.69 Å². The van der Waals surface area contributed by atoms with E-state index in [-0.39, 0.29) is 11.5 Å². The number of rotatable bonds is 4. The maximum atomic E-state index is 12.6. The molecule has 0 aliphatic heterocycles. The first-order chi connectivity index (χ1) is 10.1. The zero-order chi connectivity index (χ0) is 15.0. The molecule has 0 radical (unpaired) electrons. The number of carbonyl (C=O) groups is 2. The van der Waals surface area contributed by atoms with Crippen molar-refractivity contribution in [3.8, 4) is 0 Å². The molecule has 108 valence electrons. The Hall–Kier alpha value is -2.56. The van der Waals surface area contributed by atoms with Gasteiger partial charge in [-0.2, -0.15) is 0 Å². The van der Waals surface area contributed by atoms with E-state index in [0.717, 1.165) is 12.8 Å². The number of carboxylic acids is 1. The molecule has 0 atom stereocenters. The van der Waals surface area contributed by atoms with Gasteiger partial charge < -0.3 is 14.6 Å². The number of hydrogen-bond donors (Lipinski definition) is 1. The van der Waals surface area contributed by atoms with Gasteiger partial charge in [0.25, 0.3) is 5.91 Å². The van der Waals surface area contributed by atoms with Gasteiger partial charge in [0.05, 0.1) is 11.3 Å². The van der Waals surface area contributed by atoms with Crippen LogP contribution in [0.5, 0.6) is 0 Å². The number of benzene rings is 1. The van der Waals surface area contributed by atoms with Crippen molar-refractivity contribution in [3.63, 3.8) is 0 Å². The Morgan fingerprint density at radius 1 is 1.19 bits per heavy atom. The van der Waals surface area contributed by atoms with E-state index in [1.54, 1.807) is 31.3 Å². The average molecular weight is 284 g/mol. The molecule has 21 heavy (non-hydrogen) atoms. The lowest BCUT2D eigenvalue weighted by Gasteiger charge is -2.20. The van der Waals surface area contributed by atoms with Gasteiger partial charge >= 0.3 is 5.97 Å². The first-order valence-electron chi connectivity index (χ1n) is 6.87. The number of carboxylic acid groups (broad SMARTS) is 1. The van der Waals surface area contributed by atoms with E-state index in [4.69, 9.17) is 0 Å². The van der Waals surface area contributed by atoms with Gasteiger partial charge in [0.2, 0.25) is 0 Å². The molecule has 0 unspecified atom stereocenters. The van der Waals surface area contributed by atoms with Gasteiger partial charge in [-0.05, 0) is 37.1 Å². The third-order valence-electron chi connectivity index (χ3n) is 3.74. The predicted octanol–water partition coefficient (Wildman–Crippen LogP) is 2.80. The van der Waals surface area contributed by atoms with Crippen molar-refractivity contribution in [2.75, 3.05) is 11.9 Å². The van der Waals surface area contributed by atoms with Crippen molar-refractivity contribution in [1.82, 2.24) is 4.57 Å². The Kier molecular flexibility index (Phi) is 3.25. The van der Waals surface area contributed by atoms with E-state index in [2.05, 4.69) is 0 Å². The lowest BCUT2D eigenvalue weighted by Crippen LogP contribution is -2.29. The van der Waals surface area contributed by atoms with Gasteiger partial charge in [0.15, 0.2) is 0 Å². The minimum absolute atomic E-state index is 0.123. The van der Waals surface area contributed by atoms with Crippen LogP contribution in [0, 0.1) is 0 Å². The molecule has 0 spiro atoms. The normalized spacial score (nSPS) is 14.0. The summed E-state index contributed by atoms with van der Waals surface area (Å²) < 4.78 is 1.97. The molecule has 5 nitrogen and oxygen atoms in total. The molecule has 2 aromatic rings. The van der Waals surface area contributed by atoms with Crippen LogP contribution < -0.4 is 4.90 Å². The summed E-state index contributed by atoms with van der Waals surface area (Å²) in [6.07, 6.45) is 4.08. The van der Waals surface area contributed by atoms with Crippen LogP contribution in [0.15, 0.2) is 42.6 Å². The molecule has 5 heteroatoms. The molecular weight excluding hydrogens is 268 g/mol. The predicted molar refractivity (Wildman–Crippen MR) is 78.8 cm³/mol. The summed E-state index contributed by atoms with van der Waals surface area (Å²) in [4.78, 5) is 25.3. The van der Waals surface area contributed by atoms with Crippen molar-refractivity contribution in [1.29, 1.82) is 0 Å². The fourth-order valence-electron chi connectivity index (χ4n) is 2.47. The highest BCUT2D eigenvalue weighted by Crippen LogP contribution is 2.36. The van der Waals surface area contributed by atoms with E-state index in [1.165, 1.54) is 11.0 Å². The second-order valence-electron chi connectivity index (χ2n) is 5.22.